The van der Waals surface area contributed by atoms with Crippen LogP contribution < -0.4 is 15.4 Å². The summed E-state index contributed by atoms with van der Waals surface area (Å²) in [5.74, 6) is 1.04. The molecule has 1 heterocycles. The van der Waals surface area contributed by atoms with Crippen LogP contribution in [0.4, 0.5) is 30.6 Å². The van der Waals surface area contributed by atoms with Gasteiger partial charge in [0.1, 0.15) is 11.6 Å². The Morgan fingerprint density at radius 2 is 1.76 bits per heavy atom. The smallest absolute Gasteiger partial charge is 0.406 e. The van der Waals surface area contributed by atoms with Gasteiger partial charge in [0.05, 0.1) is 5.69 Å². The van der Waals surface area contributed by atoms with Crippen LogP contribution in [0.15, 0.2) is 48.5 Å². The van der Waals surface area contributed by atoms with Gasteiger partial charge < -0.3 is 15.4 Å². The Morgan fingerprint density at radius 3 is 2.39 bits per heavy atom. The lowest BCUT2D eigenvalue weighted by Crippen LogP contribution is -2.17. The minimum atomic E-state index is -4.76. The molecule has 0 amide bonds. The molecule has 2 N–H and O–H groups in total. The Hall–Kier alpha value is -3.29. The molecule has 33 heavy (non-hydrogen) atoms. The van der Waals surface area contributed by atoms with Crippen LogP contribution in [0.1, 0.15) is 51.2 Å². The van der Waals surface area contributed by atoms with Gasteiger partial charge in [0, 0.05) is 23.4 Å². The van der Waals surface area contributed by atoms with Crippen molar-refractivity contribution in [2.24, 2.45) is 0 Å². The lowest BCUT2D eigenvalue weighted by Gasteiger charge is -2.16. The van der Waals surface area contributed by atoms with Crippen LogP contribution in [0.25, 0.3) is 11.3 Å². The molecule has 0 aliphatic rings. The van der Waals surface area contributed by atoms with Crippen molar-refractivity contribution in [3.05, 3.63) is 59.7 Å². The summed E-state index contributed by atoms with van der Waals surface area (Å²) in [7, 11) is 0. The summed E-state index contributed by atoms with van der Waals surface area (Å²) >= 11 is 0. The second-order valence-electron chi connectivity index (χ2n) is 8.34. The van der Waals surface area contributed by atoms with E-state index in [0.29, 0.717) is 28.9 Å². The van der Waals surface area contributed by atoms with E-state index < -0.39 is 6.36 Å². The number of anilines is 3. The molecule has 0 saturated carbocycles. The SMILES string of the molecule is CC[C@@H](C)Nc1nc(Nc2ccc(C(C)C)c(C)c2)cc(-c2cccc(OC(F)(F)F)c2)n1. The Bertz CT molecular complexity index is 1100. The van der Waals surface area contributed by atoms with Gasteiger partial charge in [0.15, 0.2) is 0 Å². The molecule has 2 aromatic carbocycles. The topological polar surface area (TPSA) is 59.1 Å². The quantitative estimate of drug-likeness (QED) is 0.368. The van der Waals surface area contributed by atoms with Gasteiger partial charge in [-0.3, -0.25) is 0 Å². The maximum atomic E-state index is 12.7. The van der Waals surface area contributed by atoms with Crippen molar-refractivity contribution in [2.45, 2.75) is 59.4 Å². The second-order valence-corrected chi connectivity index (χ2v) is 8.34. The molecule has 8 heteroatoms. The fourth-order valence-corrected chi connectivity index (χ4v) is 3.45. The highest BCUT2D eigenvalue weighted by atomic mass is 19.4. The van der Waals surface area contributed by atoms with E-state index >= 15 is 0 Å². The van der Waals surface area contributed by atoms with Crippen molar-refractivity contribution in [3.63, 3.8) is 0 Å². The van der Waals surface area contributed by atoms with Crippen LogP contribution in [-0.4, -0.2) is 22.4 Å². The van der Waals surface area contributed by atoms with Crippen LogP contribution in [0, 0.1) is 6.92 Å². The lowest BCUT2D eigenvalue weighted by molar-refractivity contribution is -0.274. The Kier molecular flexibility index (Phi) is 7.46. The lowest BCUT2D eigenvalue weighted by atomic mass is 9.98. The van der Waals surface area contributed by atoms with Crippen molar-refractivity contribution in [1.82, 2.24) is 9.97 Å². The van der Waals surface area contributed by atoms with Crippen LogP contribution in [0.5, 0.6) is 5.75 Å². The number of nitrogens with one attached hydrogen (secondary N) is 2. The number of aryl methyl sites for hydroxylation is 1. The highest BCUT2D eigenvalue weighted by Gasteiger charge is 2.31. The van der Waals surface area contributed by atoms with Gasteiger partial charge >= 0.3 is 6.36 Å². The Morgan fingerprint density at radius 1 is 1.00 bits per heavy atom. The zero-order valence-corrected chi connectivity index (χ0v) is 19.4. The molecule has 3 rings (SSSR count). The summed E-state index contributed by atoms with van der Waals surface area (Å²) in [6, 6.07) is 13.7. The molecule has 1 atom stereocenters. The van der Waals surface area contributed by atoms with E-state index in [1.807, 2.05) is 19.9 Å². The summed E-state index contributed by atoms with van der Waals surface area (Å²) in [5.41, 5.74) is 4.26. The first-order valence-corrected chi connectivity index (χ1v) is 10.9. The van der Waals surface area contributed by atoms with E-state index in [1.54, 1.807) is 12.1 Å². The largest absolute Gasteiger partial charge is 0.573 e. The third-order valence-corrected chi connectivity index (χ3v) is 5.24. The number of rotatable bonds is 8. The minimum Gasteiger partial charge on any atom is -0.406 e. The van der Waals surface area contributed by atoms with E-state index in [9.17, 15) is 13.2 Å². The average molecular weight is 459 g/mol. The van der Waals surface area contributed by atoms with Gasteiger partial charge in [-0.2, -0.15) is 4.98 Å². The predicted molar refractivity (Wildman–Crippen MR) is 126 cm³/mol. The standard InChI is InChI=1S/C25H29F3N4O/c1-6-17(5)29-24-31-22(18-8-7-9-20(13-18)33-25(26,27)28)14-23(32-24)30-19-10-11-21(15(2)3)16(4)12-19/h7-15,17H,6H2,1-5H3,(H2,29,30,31,32)/t17-/m1/s1. The Labute approximate surface area is 192 Å². The molecule has 0 aliphatic heterocycles. The molecule has 0 radical (unpaired) electrons. The van der Waals surface area contributed by atoms with Crippen LogP contribution in [0.3, 0.4) is 0 Å². The van der Waals surface area contributed by atoms with Gasteiger partial charge in [0.25, 0.3) is 0 Å². The van der Waals surface area contributed by atoms with Gasteiger partial charge in [-0.05, 0) is 61.6 Å². The molecule has 0 saturated heterocycles. The molecule has 1 aromatic heterocycles. The van der Waals surface area contributed by atoms with Crippen molar-refractivity contribution in [2.75, 3.05) is 10.6 Å². The maximum Gasteiger partial charge on any atom is 0.573 e. The number of alkyl halides is 3. The molecule has 0 bridgehead atoms. The number of benzene rings is 2. The van der Waals surface area contributed by atoms with Gasteiger partial charge in [-0.25, -0.2) is 4.98 Å². The Balaban J connectivity index is 1.98. The molecule has 3 aromatic rings. The maximum absolute atomic E-state index is 12.7. The monoisotopic (exact) mass is 458 g/mol. The molecule has 5 nitrogen and oxygen atoms in total. The first kappa shape index (κ1) is 24.4. The summed E-state index contributed by atoms with van der Waals surface area (Å²) < 4.78 is 42.1. The van der Waals surface area contributed by atoms with Gasteiger partial charge in [-0.1, -0.05) is 39.0 Å². The van der Waals surface area contributed by atoms with Crippen LogP contribution in [-0.2, 0) is 0 Å². The predicted octanol–water partition coefficient (Wildman–Crippen LogP) is 7.43. The summed E-state index contributed by atoms with van der Waals surface area (Å²) in [6.07, 6.45) is -3.90. The third kappa shape index (κ3) is 6.84. The van der Waals surface area contributed by atoms with E-state index in [0.717, 1.165) is 12.1 Å². The van der Waals surface area contributed by atoms with Crippen molar-refractivity contribution in [3.8, 4) is 17.0 Å². The first-order chi connectivity index (χ1) is 15.5. The molecular weight excluding hydrogens is 429 g/mol. The molecule has 0 unspecified atom stereocenters. The highest BCUT2D eigenvalue weighted by Crippen LogP contribution is 2.30. The van der Waals surface area contributed by atoms with E-state index in [4.69, 9.17) is 0 Å². The molecule has 0 fully saturated rings. The minimum absolute atomic E-state index is 0.126. The zero-order chi connectivity index (χ0) is 24.2. The molecule has 0 aliphatic carbocycles. The number of aromatic nitrogens is 2. The molecular formula is C25H29F3N4O. The normalized spacial score (nSPS) is 12.5. The van der Waals surface area contributed by atoms with Crippen LogP contribution in [0.2, 0.25) is 0 Å². The van der Waals surface area contributed by atoms with Crippen molar-refractivity contribution in [1.29, 1.82) is 0 Å². The average Bonchev–Trinajstić information content (AvgIpc) is 2.72. The number of hydrogen-bond donors (Lipinski definition) is 2. The number of halogens is 3. The van der Waals surface area contributed by atoms with Gasteiger partial charge in [-0.15, -0.1) is 13.2 Å². The van der Waals surface area contributed by atoms with E-state index in [-0.39, 0.29) is 11.8 Å². The van der Waals surface area contributed by atoms with Crippen molar-refractivity contribution < 1.29 is 17.9 Å². The first-order valence-electron chi connectivity index (χ1n) is 10.9. The third-order valence-electron chi connectivity index (χ3n) is 5.24. The summed E-state index contributed by atoms with van der Waals surface area (Å²) in [4.78, 5) is 9.09. The number of ether oxygens (including phenoxy) is 1. The molecule has 176 valence electrons. The zero-order valence-electron chi connectivity index (χ0n) is 19.4. The summed E-state index contributed by atoms with van der Waals surface area (Å²) in [5, 5.41) is 6.55. The summed E-state index contributed by atoms with van der Waals surface area (Å²) in [6.45, 7) is 10.4. The fraction of sp³-hybridized carbons (Fsp3) is 0.360. The number of nitrogens with zero attached hydrogens (tertiary/aromatic N) is 2. The van der Waals surface area contributed by atoms with Crippen LogP contribution >= 0.6 is 0 Å². The fourth-order valence-electron chi connectivity index (χ4n) is 3.45. The van der Waals surface area contributed by atoms with E-state index in [2.05, 4.69) is 58.2 Å². The van der Waals surface area contributed by atoms with Gasteiger partial charge in [0.2, 0.25) is 5.95 Å². The second kappa shape index (κ2) is 10.1. The number of hydrogen-bond acceptors (Lipinski definition) is 5. The highest BCUT2D eigenvalue weighted by molar-refractivity contribution is 5.69. The molecule has 0 spiro atoms. The van der Waals surface area contributed by atoms with E-state index in [1.165, 1.54) is 29.3 Å². The van der Waals surface area contributed by atoms with Crippen molar-refractivity contribution >= 4 is 17.5 Å².